The minimum atomic E-state index is -3.84. The second kappa shape index (κ2) is 10.1. The van der Waals surface area contributed by atoms with Crippen molar-refractivity contribution in [3.8, 4) is 5.75 Å². The number of hydrogen-bond acceptors (Lipinski definition) is 5. The number of sulfonamides is 1. The number of hydrogen-bond donors (Lipinski definition) is 2. The summed E-state index contributed by atoms with van der Waals surface area (Å²) in [4.78, 5) is 14.6. The lowest BCUT2D eigenvalue weighted by molar-refractivity contribution is 0.102. The van der Waals surface area contributed by atoms with Gasteiger partial charge in [-0.25, -0.2) is 12.8 Å². The van der Waals surface area contributed by atoms with E-state index in [1.807, 2.05) is 11.8 Å². The summed E-state index contributed by atoms with van der Waals surface area (Å²) in [5, 5.41) is 2.66. The molecule has 178 valence electrons. The minimum absolute atomic E-state index is 0.0129. The SMILES string of the molecule is CCOc1ccc(NS(=O)(=O)c2ccc(C(=O)Nc3ccc(N4CCCC4)c(F)c3)cc2)cc1. The van der Waals surface area contributed by atoms with Crippen LogP contribution in [-0.2, 0) is 10.0 Å². The van der Waals surface area contributed by atoms with Crippen molar-refractivity contribution in [1.82, 2.24) is 0 Å². The van der Waals surface area contributed by atoms with E-state index < -0.39 is 15.9 Å². The van der Waals surface area contributed by atoms with Gasteiger partial charge in [-0.3, -0.25) is 9.52 Å². The Kier molecular flexibility index (Phi) is 7.02. The van der Waals surface area contributed by atoms with Crippen LogP contribution >= 0.6 is 0 Å². The average molecular weight is 484 g/mol. The fourth-order valence-electron chi connectivity index (χ4n) is 3.79. The van der Waals surface area contributed by atoms with Crippen LogP contribution in [0.2, 0.25) is 0 Å². The first-order valence-electron chi connectivity index (χ1n) is 11.1. The molecule has 9 heteroatoms. The van der Waals surface area contributed by atoms with E-state index in [1.54, 1.807) is 36.4 Å². The Hall–Kier alpha value is -3.59. The zero-order valence-corrected chi connectivity index (χ0v) is 19.6. The molecule has 7 nitrogen and oxygen atoms in total. The number of ether oxygens (including phenoxy) is 1. The molecule has 4 rings (SSSR count). The smallest absolute Gasteiger partial charge is 0.261 e. The molecule has 0 bridgehead atoms. The van der Waals surface area contributed by atoms with Gasteiger partial charge < -0.3 is 15.0 Å². The predicted molar refractivity (Wildman–Crippen MR) is 131 cm³/mol. The van der Waals surface area contributed by atoms with Crippen LogP contribution in [0.1, 0.15) is 30.1 Å². The fraction of sp³-hybridized carbons (Fsp3) is 0.240. The van der Waals surface area contributed by atoms with Gasteiger partial charge in [0.25, 0.3) is 15.9 Å². The molecule has 1 aliphatic rings. The van der Waals surface area contributed by atoms with E-state index >= 15 is 0 Å². The third-order valence-corrected chi connectivity index (χ3v) is 6.89. The van der Waals surface area contributed by atoms with E-state index in [-0.39, 0.29) is 16.3 Å². The highest BCUT2D eigenvalue weighted by atomic mass is 32.2. The van der Waals surface area contributed by atoms with Gasteiger partial charge in [0.2, 0.25) is 0 Å². The summed E-state index contributed by atoms with van der Waals surface area (Å²) in [6.07, 6.45) is 2.08. The first-order valence-corrected chi connectivity index (χ1v) is 12.6. The van der Waals surface area contributed by atoms with Crippen LogP contribution < -0.4 is 19.7 Å². The molecule has 3 aromatic carbocycles. The number of amides is 1. The van der Waals surface area contributed by atoms with E-state index in [2.05, 4.69) is 10.0 Å². The van der Waals surface area contributed by atoms with E-state index in [4.69, 9.17) is 4.74 Å². The maximum atomic E-state index is 14.5. The monoisotopic (exact) mass is 483 g/mol. The molecule has 0 spiro atoms. The molecule has 1 fully saturated rings. The average Bonchev–Trinajstić information content (AvgIpc) is 3.35. The van der Waals surface area contributed by atoms with Crippen molar-refractivity contribution in [3.05, 3.63) is 78.1 Å². The summed E-state index contributed by atoms with van der Waals surface area (Å²) in [5.74, 6) is -0.204. The summed E-state index contributed by atoms with van der Waals surface area (Å²) < 4.78 is 47.7. The molecule has 1 amide bonds. The lowest BCUT2D eigenvalue weighted by Crippen LogP contribution is -2.19. The van der Waals surface area contributed by atoms with Crippen LogP contribution in [0.25, 0.3) is 0 Å². The largest absolute Gasteiger partial charge is 0.494 e. The third-order valence-electron chi connectivity index (χ3n) is 5.50. The molecular weight excluding hydrogens is 457 g/mol. The van der Waals surface area contributed by atoms with Gasteiger partial charge in [0.05, 0.1) is 17.2 Å². The van der Waals surface area contributed by atoms with Crippen LogP contribution in [0, 0.1) is 5.82 Å². The number of carbonyl (C=O) groups is 1. The number of benzene rings is 3. The molecule has 1 heterocycles. The number of carbonyl (C=O) groups excluding carboxylic acids is 1. The summed E-state index contributed by atoms with van der Waals surface area (Å²) in [6.45, 7) is 4.03. The Balaban J connectivity index is 1.41. The molecule has 0 aliphatic carbocycles. The van der Waals surface area contributed by atoms with Gasteiger partial charge in [0, 0.05) is 30.0 Å². The molecule has 1 aliphatic heterocycles. The Morgan fingerprint density at radius 2 is 1.62 bits per heavy atom. The van der Waals surface area contributed by atoms with Crippen molar-refractivity contribution in [1.29, 1.82) is 0 Å². The van der Waals surface area contributed by atoms with Gasteiger partial charge in [-0.05, 0) is 86.5 Å². The first-order chi connectivity index (χ1) is 16.4. The molecule has 0 radical (unpaired) electrons. The fourth-order valence-corrected chi connectivity index (χ4v) is 4.85. The maximum Gasteiger partial charge on any atom is 0.261 e. The highest BCUT2D eigenvalue weighted by molar-refractivity contribution is 7.92. The van der Waals surface area contributed by atoms with Crippen molar-refractivity contribution in [3.63, 3.8) is 0 Å². The first kappa shape index (κ1) is 23.6. The Bertz CT molecular complexity index is 1260. The maximum absolute atomic E-state index is 14.5. The van der Waals surface area contributed by atoms with Gasteiger partial charge in [0.1, 0.15) is 11.6 Å². The van der Waals surface area contributed by atoms with Crippen molar-refractivity contribution in [2.24, 2.45) is 0 Å². The van der Waals surface area contributed by atoms with Gasteiger partial charge in [-0.1, -0.05) is 0 Å². The Morgan fingerprint density at radius 3 is 2.24 bits per heavy atom. The summed E-state index contributed by atoms with van der Waals surface area (Å²) in [5.41, 5.74) is 1.51. The third kappa shape index (κ3) is 5.48. The Labute approximate surface area is 198 Å². The van der Waals surface area contributed by atoms with Crippen molar-refractivity contribution in [2.45, 2.75) is 24.7 Å². The summed E-state index contributed by atoms with van der Waals surface area (Å²) in [6, 6.07) is 16.7. The van der Waals surface area contributed by atoms with Crippen LogP contribution in [0.15, 0.2) is 71.6 Å². The van der Waals surface area contributed by atoms with E-state index in [9.17, 15) is 17.6 Å². The standard InChI is InChI=1S/C25H26FN3O4S/c1-2-33-21-10-7-19(8-11-21)28-34(31,32)22-12-5-18(6-13-22)25(30)27-20-9-14-24(23(26)17-20)29-15-3-4-16-29/h5-14,17,28H,2-4,15-16H2,1H3,(H,27,30). The van der Waals surface area contributed by atoms with Crippen LogP contribution in [0.3, 0.4) is 0 Å². The number of nitrogens with zero attached hydrogens (tertiary/aromatic N) is 1. The molecule has 3 aromatic rings. The molecule has 0 unspecified atom stereocenters. The lowest BCUT2D eigenvalue weighted by Gasteiger charge is -2.18. The summed E-state index contributed by atoms with van der Waals surface area (Å²) >= 11 is 0. The highest BCUT2D eigenvalue weighted by Crippen LogP contribution is 2.26. The number of nitrogens with one attached hydrogen (secondary N) is 2. The van der Waals surface area contributed by atoms with Crippen LogP contribution in [0.4, 0.5) is 21.5 Å². The predicted octanol–water partition coefficient (Wildman–Crippen LogP) is 4.88. The molecule has 0 atom stereocenters. The minimum Gasteiger partial charge on any atom is -0.494 e. The molecule has 0 saturated carbocycles. The lowest BCUT2D eigenvalue weighted by atomic mass is 10.2. The highest BCUT2D eigenvalue weighted by Gasteiger charge is 2.18. The van der Waals surface area contributed by atoms with E-state index in [1.165, 1.54) is 30.3 Å². The molecule has 0 aromatic heterocycles. The topological polar surface area (TPSA) is 87.7 Å². The second-order valence-electron chi connectivity index (χ2n) is 7.90. The molecule has 2 N–H and O–H groups in total. The second-order valence-corrected chi connectivity index (χ2v) is 9.58. The van der Waals surface area contributed by atoms with E-state index in [0.717, 1.165) is 25.9 Å². The van der Waals surface area contributed by atoms with E-state index in [0.29, 0.717) is 29.4 Å². The van der Waals surface area contributed by atoms with Gasteiger partial charge in [-0.15, -0.1) is 0 Å². The van der Waals surface area contributed by atoms with Crippen LogP contribution in [0.5, 0.6) is 5.75 Å². The number of halogens is 1. The summed E-state index contributed by atoms with van der Waals surface area (Å²) in [7, 11) is -3.84. The quantitative estimate of drug-likeness (QED) is 0.477. The van der Waals surface area contributed by atoms with Crippen molar-refractivity contribution >= 4 is 33.0 Å². The molecular formula is C25H26FN3O4S. The molecule has 1 saturated heterocycles. The van der Waals surface area contributed by atoms with Crippen LogP contribution in [-0.4, -0.2) is 34.0 Å². The van der Waals surface area contributed by atoms with Crippen molar-refractivity contribution < 1.29 is 22.3 Å². The number of anilines is 3. The Morgan fingerprint density at radius 1 is 0.971 bits per heavy atom. The zero-order chi connectivity index (χ0) is 24.1. The molecule has 34 heavy (non-hydrogen) atoms. The van der Waals surface area contributed by atoms with Gasteiger partial charge in [-0.2, -0.15) is 0 Å². The van der Waals surface area contributed by atoms with Gasteiger partial charge in [0.15, 0.2) is 0 Å². The van der Waals surface area contributed by atoms with Gasteiger partial charge >= 0.3 is 0 Å². The van der Waals surface area contributed by atoms with Crippen molar-refractivity contribution in [2.75, 3.05) is 34.6 Å². The number of rotatable bonds is 8. The zero-order valence-electron chi connectivity index (χ0n) is 18.8. The normalized spacial score (nSPS) is 13.5.